The van der Waals surface area contributed by atoms with Gasteiger partial charge in [0.25, 0.3) is 0 Å². The Bertz CT molecular complexity index is 460. The fraction of sp³-hybridized carbons (Fsp3) is 0.667. The molecule has 136 valence electrons. The quantitative estimate of drug-likeness (QED) is 0.371. The van der Waals surface area contributed by atoms with Crippen molar-refractivity contribution in [2.24, 2.45) is 0 Å². The van der Waals surface area contributed by atoms with Crippen molar-refractivity contribution >= 4 is 5.97 Å². The van der Waals surface area contributed by atoms with Gasteiger partial charge in [-0.05, 0) is 0 Å². The van der Waals surface area contributed by atoms with E-state index in [1.54, 1.807) is 4.74 Å². The SMILES string of the molecule is C=CC(=O)OC(F)(F)C(F)(F)C(F)(F)OC(F)(F)C(F)(F)CF. The average Bonchev–Trinajstić information content (AvgIpc) is 2.36. The number of hydrogen-bond donors (Lipinski definition) is 0. The molecule has 0 heterocycles. The molecule has 0 N–H and O–H groups in total. The number of alkyl halides is 11. The highest BCUT2D eigenvalue weighted by atomic mass is 19.4. The highest BCUT2D eigenvalue weighted by Crippen LogP contribution is 2.51. The molecule has 0 saturated carbocycles. The van der Waals surface area contributed by atoms with Gasteiger partial charge in [0.1, 0.15) is 0 Å². The van der Waals surface area contributed by atoms with Crippen LogP contribution in [-0.2, 0) is 14.3 Å². The van der Waals surface area contributed by atoms with Crippen LogP contribution in [0.3, 0.4) is 0 Å². The Labute approximate surface area is 119 Å². The minimum absolute atomic E-state index is 0.172. The lowest BCUT2D eigenvalue weighted by Crippen LogP contribution is -2.61. The van der Waals surface area contributed by atoms with Gasteiger partial charge in [-0.1, -0.05) is 6.58 Å². The first-order valence-electron chi connectivity index (χ1n) is 4.98. The second-order valence-corrected chi connectivity index (χ2v) is 3.69. The predicted octanol–water partition coefficient (Wildman–Crippen LogP) is 3.75. The molecule has 0 aromatic carbocycles. The Hall–Kier alpha value is -1.60. The van der Waals surface area contributed by atoms with E-state index in [2.05, 4.69) is 11.3 Å². The molecule has 0 aliphatic heterocycles. The molecule has 0 aliphatic carbocycles. The van der Waals surface area contributed by atoms with Gasteiger partial charge in [-0.2, -0.15) is 43.9 Å². The summed E-state index contributed by atoms with van der Waals surface area (Å²) in [5, 5.41) is 0. The van der Waals surface area contributed by atoms with E-state index in [1.165, 1.54) is 0 Å². The molecule has 14 heteroatoms. The van der Waals surface area contributed by atoms with Gasteiger partial charge >= 0.3 is 36.1 Å². The van der Waals surface area contributed by atoms with E-state index < -0.39 is 42.8 Å². The maximum atomic E-state index is 12.9. The summed E-state index contributed by atoms with van der Waals surface area (Å²) in [6, 6.07) is 0. The zero-order chi connectivity index (χ0) is 18.9. The molecule has 0 radical (unpaired) electrons. The Morgan fingerprint density at radius 3 is 1.65 bits per heavy atom. The van der Waals surface area contributed by atoms with Crippen LogP contribution >= 0.6 is 0 Å². The molecule has 0 unspecified atom stereocenters. The van der Waals surface area contributed by atoms with E-state index in [1.807, 2.05) is 0 Å². The molecule has 0 aliphatic rings. The summed E-state index contributed by atoms with van der Waals surface area (Å²) in [6.45, 7) is -0.870. The second-order valence-electron chi connectivity index (χ2n) is 3.69. The topological polar surface area (TPSA) is 35.5 Å². The molecule has 0 saturated heterocycles. The van der Waals surface area contributed by atoms with Crippen LogP contribution in [0.5, 0.6) is 0 Å². The maximum absolute atomic E-state index is 12.9. The van der Waals surface area contributed by atoms with E-state index in [9.17, 15) is 53.1 Å². The molecular weight excluding hydrogens is 365 g/mol. The summed E-state index contributed by atoms with van der Waals surface area (Å²) in [4.78, 5) is 10.3. The summed E-state index contributed by atoms with van der Waals surface area (Å²) in [7, 11) is 0. The van der Waals surface area contributed by atoms with Gasteiger partial charge in [-0.15, -0.1) is 0 Å². The molecule has 0 amide bonds. The number of rotatable bonds is 8. The van der Waals surface area contributed by atoms with Crippen LogP contribution in [0.15, 0.2) is 12.7 Å². The first kappa shape index (κ1) is 21.4. The predicted molar refractivity (Wildman–Crippen MR) is 48.1 cm³/mol. The fourth-order valence-corrected chi connectivity index (χ4v) is 0.779. The van der Waals surface area contributed by atoms with Crippen LogP contribution in [0.25, 0.3) is 0 Å². The number of esters is 1. The molecule has 23 heavy (non-hydrogen) atoms. The lowest BCUT2D eigenvalue weighted by atomic mass is 10.2. The van der Waals surface area contributed by atoms with Gasteiger partial charge in [0.2, 0.25) is 0 Å². The standard InChI is InChI=1S/C9H5F11O3/c1-2-4(21)22-8(17,18)6(13,14)9(19,20)23-7(15,16)5(11,12)3-10/h2H,1,3H2. The minimum atomic E-state index is -7.02. The van der Waals surface area contributed by atoms with Crippen molar-refractivity contribution in [1.29, 1.82) is 0 Å². The van der Waals surface area contributed by atoms with Crippen LogP contribution in [0, 0.1) is 0 Å². The van der Waals surface area contributed by atoms with E-state index in [4.69, 9.17) is 0 Å². The molecular formula is C9H5F11O3. The van der Waals surface area contributed by atoms with E-state index in [0.717, 1.165) is 0 Å². The highest BCUT2D eigenvalue weighted by Gasteiger charge is 2.79. The van der Waals surface area contributed by atoms with Crippen molar-refractivity contribution in [3.63, 3.8) is 0 Å². The number of ether oxygens (including phenoxy) is 2. The second kappa shape index (κ2) is 6.13. The van der Waals surface area contributed by atoms with Gasteiger partial charge in [-0.25, -0.2) is 13.9 Å². The van der Waals surface area contributed by atoms with Crippen LogP contribution in [0.2, 0.25) is 0 Å². The van der Waals surface area contributed by atoms with Crippen LogP contribution in [0.1, 0.15) is 0 Å². The third kappa shape index (κ3) is 4.03. The molecule has 3 nitrogen and oxygen atoms in total. The summed E-state index contributed by atoms with van der Waals surface area (Å²) in [5.74, 6) is -15.4. The summed E-state index contributed by atoms with van der Waals surface area (Å²) < 4.78 is 143. The number of carbonyl (C=O) groups excluding carboxylic acids is 1. The minimum Gasteiger partial charge on any atom is -0.393 e. The van der Waals surface area contributed by atoms with Crippen molar-refractivity contribution in [2.75, 3.05) is 6.67 Å². The smallest absolute Gasteiger partial charge is 0.393 e. The van der Waals surface area contributed by atoms with Gasteiger partial charge in [-0.3, -0.25) is 0 Å². The number of hydrogen-bond acceptors (Lipinski definition) is 3. The Balaban J connectivity index is 5.63. The summed E-state index contributed by atoms with van der Waals surface area (Å²) in [6.07, 6.45) is -20.2. The maximum Gasteiger partial charge on any atom is 0.476 e. The Kier molecular flexibility index (Phi) is 5.70. The summed E-state index contributed by atoms with van der Waals surface area (Å²) in [5.41, 5.74) is 0. The van der Waals surface area contributed by atoms with Gasteiger partial charge in [0.05, 0.1) is 0 Å². The lowest BCUT2D eigenvalue weighted by Gasteiger charge is -2.34. The largest absolute Gasteiger partial charge is 0.476 e. The van der Waals surface area contributed by atoms with Crippen LogP contribution < -0.4 is 0 Å². The monoisotopic (exact) mass is 370 g/mol. The van der Waals surface area contributed by atoms with Crippen molar-refractivity contribution in [3.8, 4) is 0 Å². The Morgan fingerprint density at radius 1 is 0.870 bits per heavy atom. The van der Waals surface area contributed by atoms with E-state index >= 15 is 0 Å². The molecule has 0 spiro atoms. The van der Waals surface area contributed by atoms with Gasteiger partial charge in [0, 0.05) is 6.08 Å². The molecule has 0 fully saturated rings. The lowest BCUT2D eigenvalue weighted by molar-refractivity contribution is -0.502. The third-order valence-corrected chi connectivity index (χ3v) is 1.98. The van der Waals surface area contributed by atoms with Crippen molar-refractivity contribution in [2.45, 2.75) is 30.2 Å². The van der Waals surface area contributed by atoms with E-state index in [-0.39, 0.29) is 6.08 Å². The van der Waals surface area contributed by atoms with E-state index in [0.29, 0.717) is 0 Å². The zero-order valence-electron chi connectivity index (χ0n) is 10.4. The fourth-order valence-electron chi connectivity index (χ4n) is 0.779. The van der Waals surface area contributed by atoms with Crippen molar-refractivity contribution in [1.82, 2.24) is 0 Å². The Morgan fingerprint density at radius 2 is 1.30 bits per heavy atom. The van der Waals surface area contributed by atoms with Crippen molar-refractivity contribution in [3.05, 3.63) is 12.7 Å². The van der Waals surface area contributed by atoms with Gasteiger partial charge in [0.15, 0.2) is 6.67 Å². The average molecular weight is 370 g/mol. The first-order valence-corrected chi connectivity index (χ1v) is 4.98. The van der Waals surface area contributed by atoms with Crippen LogP contribution in [-0.4, -0.2) is 42.8 Å². The normalized spacial score (nSPS) is 14.6. The van der Waals surface area contributed by atoms with Gasteiger partial charge < -0.3 is 4.74 Å². The number of carbonyl (C=O) groups is 1. The molecule has 0 atom stereocenters. The highest BCUT2D eigenvalue weighted by molar-refractivity contribution is 5.81. The first-order chi connectivity index (χ1) is 9.97. The molecule has 0 rings (SSSR count). The zero-order valence-corrected chi connectivity index (χ0v) is 10.4. The van der Waals surface area contributed by atoms with Crippen molar-refractivity contribution < 1.29 is 62.6 Å². The molecule has 0 aromatic heterocycles. The third-order valence-electron chi connectivity index (χ3n) is 1.98. The molecule has 0 aromatic rings. The van der Waals surface area contributed by atoms with Crippen LogP contribution in [0.4, 0.5) is 48.3 Å². The molecule has 0 bridgehead atoms. The number of halogens is 11. The summed E-state index contributed by atoms with van der Waals surface area (Å²) >= 11 is 0.